The molecule has 7 heavy (non-hydrogen) atoms. The van der Waals surface area contributed by atoms with E-state index in [1.54, 1.807) is 0 Å². The van der Waals surface area contributed by atoms with Gasteiger partial charge in [-0.3, -0.25) is 0 Å². The van der Waals surface area contributed by atoms with E-state index in [1.807, 2.05) is 12.2 Å². The number of rotatable bonds is 0. The summed E-state index contributed by atoms with van der Waals surface area (Å²) in [6.07, 6.45) is 10.1. The minimum absolute atomic E-state index is 1.02. The first-order valence-electron chi connectivity index (χ1n) is 2.17. The summed E-state index contributed by atoms with van der Waals surface area (Å²) >= 11 is 2.90. The van der Waals surface area contributed by atoms with Crippen LogP contribution in [0, 0.1) is 6.08 Å². The van der Waals surface area contributed by atoms with Crippen LogP contribution in [0.4, 0.5) is 0 Å². The van der Waals surface area contributed by atoms with E-state index in [9.17, 15) is 0 Å². The van der Waals surface area contributed by atoms with Crippen molar-refractivity contribution < 1.29 is 0 Å². The molecule has 0 saturated carbocycles. The molecule has 0 aromatic heterocycles. The zero-order valence-corrected chi connectivity index (χ0v) is 5.56. The summed E-state index contributed by atoms with van der Waals surface area (Å²) in [6.45, 7) is 0. The summed E-state index contributed by atoms with van der Waals surface area (Å²) in [5, 5.41) is 0. The Morgan fingerprint density at radius 1 is 1.71 bits per heavy atom. The van der Waals surface area contributed by atoms with Gasteiger partial charge in [-0.2, -0.15) is 0 Å². The Labute approximate surface area is 51.3 Å². The molecule has 1 heteroatoms. The van der Waals surface area contributed by atoms with Gasteiger partial charge in [0.2, 0.25) is 0 Å². The first-order chi connectivity index (χ1) is 3.39. The Morgan fingerprint density at radius 2 is 2.57 bits per heavy atom. The maximum absolute atomic E-state index is 3.03. The fourth-order valence-corrected chi connectivity index (χ4v) is 0.788. The first-order valence-corrected chi connectivity index (χ1v) is 3.03. The predicted molar refractivity (Wildman–Crippen MR) is 32.3 cm³/mol. The molecule has 0 unspecified atom stereocenters. The topological polar surface area (TPSA) is 0 Å². The standard InChI is InChI=1S/C6H5Se/c7-6-4-2-1-3-5-6/h1-3H,4H2. The Hall–Kier alpha value is -0.131. The van der Waals surface area contributed by atoms with E-state index in [-0.39, 0.29) is 0 Å². The van der Waals surface area contributed by atoms with Crippen molar-refractivity contribution in [1.82, 2.24) is 0 Å². The van der Waals surface area contributed by atoms with Gasteiger partial charge in [0.15, 0.2) is 0 Å². The average molecular weight is 156 g/mol. The molecule has 1 radical (unpaired) electrons. The first kappa shape index (κ1) is 5.02. The quantitative estimate of drug-likeness (QED) is 0.451. The summed E-state index contributed by atoms with van der Waals surface area (Å²) in [4.78, 5) is 0. The molecule has 0 bridgehead atoms. The fraction of sp³-hybridized carbons (Fsp3) is 0.167. The summed E-state index contributed by atoms with van der Waals surface area (Å²) in [7, 11) is 0. The van der Waals surface area contributed by atoms with Crippen LogP contribution < -0.4 is 0 Å². The zero-order valence-electron chi connectivity index (χ0n) is 3.85. The molecular weight excluding hydrogens is 151 g/mol. The van der Waals surface area contributed by atoms with Gasteiger partial charge in [-0.25, -0.2) is 0 Å². The van der Waals surface area contributed by atoms with E-state index in [0.29, 0.717) is 0 Å². The maximum atomic E-state index is 3.03. The van der Waals surface area contributed by atoms with Crippen molar-refractivity contribution in [3.05, 3.63) is 24.3 Å². The monoisotopic (exact) mass is 157 g/mol. The molecular formula is C6H5Se. The van der Waals surface area contributed by atoms with Gasteiger partial charge >= 0.3 is 50.7 Å². The van der Waals surface area contributed by atoms with E-state index in [1.165, 1.54) is 4.42 Å². The van der Waals surface area contributed by atoms with Crippen molar-refractivity contribution >= 4 is 20.0 Å². The van der Waals surface area contributed by atoms with Crippen LogP contribution in [0.3, 0.4) is 0 Å². The second kappa shape index (κ2) is 2.25. The van der Waals surface area contributed by atoms with Gasteiger partial charge in [0.1, 0.15) is 0 Å². The molecule has 0 aromatic rings. The SMILES string of the molecule is [Se]=C1[C]=CC=CC1. The number of hydrogen-bond donors (Lipinski definition) is 0. The van der Waals surface area contributed by atoms with Gasteiger partial charge in [-0.15, -0.1) is 0 Å². The molecule has 1 aliphatic rings. The molecule has 0 saturated heterocycles. The Balaban J connectivity index is 2.66. The van der Waals surface area contributed by atoms with Gasteiger partial charge in [-0.05, 0) is 0 Å². The van der Waals surface area contributed by atoms with Crippen molar-refractivity contribution in [2.24, 2.45) is 0 Å². The number of allylic oxidation sites excluding steroid dienone is 4. The Bertz CT molecular complexity index is 131. The van der Waals surface area contributed by atoms with Crippen LogP contribution in [0.5, 0.6) is 0 Å². The molecule has 0 spiro atoms. The third-order valence-corrected chi connectivity index (χ3v) is 1.38. The van der Waals surface area contributed by atoms with E-state index >= 15 is 0 Å². The molecule has 35 valence electrons. The second-order valence-electron chi connectivity index (χ2n) is 1.37. The van der Waals surface area contributed by atoms with Crippen molar-refractivity contribution in [3.8, 4) is 0 Å². The number of hydrogen-bond acceptors (Lipinski definition) is 0. The third kappa shape index (κ3) is 1.42. The second-order valence-corrected chi connectivity index (χ2v) is 2.40. The van der Waals surface area contributed by atoms with Crippen LogP contribution in [0.25, 0.3) is 0 Å². The third-order valence-electron chi connectivity index (χ3n) is 0.780. The van der Waals surface area contributed by atoms with Crippen molar-refractivity contribution in [1.29, 1.82) is 0 Å². The molecule has 1 rings (SSSR count). The molecule has 0 fully saturated rings. The summed E-state index contributed by atoms with van der Waals surface area (Å²) in [5.41, 5.74) is 0. The zero-order chi connectivity index (χ0) is 5.11. The van der Waals surface area contributed by atoms with Crippen LogP contribution in [0.1, 0.15) is 6.42 Å². The molecule has 0 atom stereocenters. The predicted octanol–water partition coefficient (Wildman–Crippen LogP) is 0.647. The van der Waals surface area contributed by atoms with Crippen LogP contribution in [0.2, 0.25) is 0 Å². The van der Waals surface area contributed by atoms with Gasteiger partial charge in [-0.1, -0.05) is 0 Å². The molecule has 1 aliphatic carbocycles. The molecule has 0 amide bonds. The van der Waals surface area contributed by atoms with Crippen LogP contribution in [-0.4, -0.2) is 20.0 Å². The molecule has 0 heterocycles. The van der Waals surface area contributed by atoms with E-state index in [2.05, 4.69) is 27.7 Å². The molecule has 0 aliphatic heterocycles. The van der Waals surface area contributed by atoms with Gasteiger partial charge in [0.25, 0.3) is 0 Å². The van der Waals surface area contributed by atoms with Crippen molar-refractivity contribution in [2.45, 2.75) is 6.42 Å². The Kier molecular flexibility index (Phi) is 1.61. The average Bonchev–Trinajstić information content (AvgIpc) is 1.69. The summed E-state index contributed by atoms with van der Waals surface area (Å²) in [5.74, 6) is 0. The summed E-state index contributed by atoms with van der Waals surface area (Å²) in [6, 6.07) is 0. The van der Waals surface area contributed by atoms with Crippen LogP contribution >= 0.6 is 0 Å². The van der Waals surface area contributed by atoms with E-state index in [0.717, 1.165) is 6.42 Å². The van der Waals surface area contributed by atoms with Crippen LogP contribution in [-0.2, 0) is 0 Å². The summed E-state index contributed by atoms with van der Waals surface area (Å²) < 4.78 is 1.20. The fourth-order valence-electron chi connectivity index (χ4n) is 0.443. The van der Waals surface area contributed by atoms with Gasteiger partial charge < -0.3 is 0 Å². The molecule has 0 N–H and O–H groups in total. The van der Waals surface area contributed by atoms with E-state index < -0.39 is 0 Å². The van der Waals surface area contributed by atoms with Gasteiger partial charge in [0, 0.05) is 0 Å². The minimum atomic E-state index is 1.02. The van der Waals surface area contributed by atoms with E-state index in [4.69, 9.17) is 0 Å². The van der Waals surface area contributed by atoms with Crippen molar-refractivity contribution in [2.75, 3.05) is 0 Å². The van der Waals surface area contributed by atoms with Gasteiger partial charge in [0.05, 0.1) is 0 Å². The van der Waals surface area contributed by atoms with Crippen LogP contribution in [0.15, 0.2) is 18.2 Å². The Morgan fingerprint density at radius 3 is 2.86 bits per heavy atom. The molecule has 0 nitrogen and oxygen atoms in total. The molecule has 0 aromatic carbocycles. The van der Waals surface area contributed by atoms with Crippen molar-refractivity contribution in [3.63, 3.8) is 0 Å². The normalized spacial score (nSPS) is 18.0.